The number of rotatable bonds is 12. The van der Waals surface area contributed by atoms with E-state index in [1.54, 1.807) is 42.3 Å². The highest BCUT2D eigenvalue weighted by atomic mass is 35.5. The van der Waals surface area contributed by atoms with Gasteiger partial charge in [0.1, 0.15) is 17.5 Å². The molecule has 190 valence electrons. The second-order valence-electron chi connectivity index (χ2n) is 8.92. The first-order valence-electron chi connectivity index (χ1n) is 12.0. The van der Waals surface area contributed by atoms with Crippen LogP contribution in [0.3, 0.4) is 0 Å². The van der Waals surface area contributed by atoms with Crippen LogP contribution in [0.25, 0.3) is 0 Å². The SMILES string of the molecule is COc1ccc(OCC(=O)N(Cc2ccccc2Cl)[C@H](Cc2ccccc2)C(=O)NCC(C)C)cc1. The number of methoxy groups -OCH3 is 1. The van der Waals surface area contributed by atoms with Crippen molar-refractivity contribution in [2.75, 3.05) is 20.3 Å². The molecular weight excluding hydrogens is 476 g/mol. The van der Waals surface area contributed by atoms with Crippen molar-refractivity contribution >= 4 is 23.4 Å². The molecular formula is C29H33ClN2O4. The molecule has 1 atom stereocenters. The Hall–Kier alpha value is -3.51. The molecule has 0 aliphatic carbocycles. The van der Waals surface area contributed by atoms with Gasteiger partial charge in [0.15, 0.2) is 6.61 Å². The zero-order valence-corrected chi connectivity index (χ0v) is 21.7. The second kappa shape index (κ2) is 13.5. The highest BCUT2D eigenvalue weighted by molar-refractivity contribution is 6.31. The molecule has 6 nitrogen and oxygen atoms in total. The van der Waals surface area contributed by atoms with Gasteiger partial charge in [-0.2, -0.15) is 0 Å². The Kier molecular flexibility index (Phi) is 10.2. The minimum atomic E-state index is -0.741. The van der Waals surface area contributed by atoms with Crippen LogP contribution in [0.1, 0.15) is 25.0 Å². The van der Waals surface area contributed by atoms with Crippen molar-refractivity contribution in [1.82, 2.24) is 10.2 Å². The van der Waals surface area contributed by atoms with Crippen LogP contribution in [-0.2, 0) is 22.6 Å². The summed E-state index contributed by atoms with van der Waals surface area (Å²) in [5, 5.41) is 3.54. The summed E-state index contributed by atoms with van der Waals surface area (Å²) < 4.78 is 11.0. The first-order chi connectivity index (χ1) is 17.4. The van der Waals surface area contributed by atoms with Gasteiger partial charge in [0.05, 0.1) is 7.11 Å². The summed E-state index contributed by atoms with van der Waals surface area (Å²) >= 11 is 6.44. The van der Waals surface area contributed by atoms with Crippen LogP contribution in [0.2, 0.25) is 5.02 Å². The number of hydrogen-bond donors (Lipinski definition) is 1. The molecule has 0 saturated carbocycles. The maximum Gasteiger partial charge on any atom is 0.261 e. The topological polar surface area (TPSA) is 67.9 Å². The Balaban J connectivity index is 1.89. The fourth-order valence-corrected chi connectivity index (χ4v) is 3.88. The number of hydrogen-bond acceptors (Lipinski definition) is 4. The molecule has 3 aromatic rings. The normalized spacial score (nSPS) is 11.6. The summed E-state index contributed by atoms with van der Waals surface area (Å²) in [5.41, 5.74) is 1.71. The fraction of sp³-hybridized carbons (Fsp3) is 0.310. The standard InChI is InChI=1S/C29H33ClN2O4/c1-21(2)18-31-29(34)27(17-22-9-5-4-6-10-22)32(19-23-11-7-8-12-26(23)30)28(33)20-36-25-15-13-24(35-3)14-16-25/h4-16,21,27H,17-20H2,1-3H3,(H,31,34)/t27-/m1/s1. The van der Waals surface area contributed by atoms with Crippen molar-refractivity contribution in [1.29, 1.82) is 0 Å². The van der Waals surface area contributed by atoms with Crippen molar-refractivity contribution in [2.24, 2.45) is 5.92 Å². The van der Waals surface area contributed by atoms with Crippen LogP contribution in [0.4, 0.5) is 0 Å². The predicted octanol–water partition coefficient (Wildman–Crippen LogP) is 5.14. The van der Waals surface area contributed by atoms with E-state index >= 15 is 0 Å². The molecule has 0 unspecified atom stereocenters. The summed E-state index contributed by atoms with van der Waals surface area (Å²) in [5.74, 6) is 0.978. The molecule has 3 aromatic carbocycles. The molecule has 0 saturated heterocycles. The number of benzene rings is 3. The van der Waals surface area contributed by atoms with Crippen LogP contribution >= 0.6 is 11.6 Å². The van der Waals surface area contributed by atoms with E-state index in [1.165, 1.54) is 0 Å². The lowest BCUT2D eigenvalue weighted by Crippen LogP contribution is -2.52. The van der Waals surface area contributed by atoms with E-state index in [1.807, 2.05) is 62.4 Å². The third-order valence-electron chi connectivity index (χ3n) is 5.68. The molecule has 0 spiro atoms. The maximum absolute atomic E-state index is 13.6. The Morgan fingerprint density at radius 1 is 0.917 bits per heavy atom. The molecule has 0 aromatic heterocycles. The van der Waals surface area contributed by atoms with E-state index in [-0.39, 0.29) is 30.9 Å². The first kappa shape index (κ1) is 27.1. The Labute approximate surface area is 218 Å². The molecule has 0 aliphatic rings. The van der Waals surface area contributed by atoms with Crippen LogP contribution in [0.5, 0.6) is 11.5 Å². The molecule has 0 radical (unpaired) electrons. The Bertz CT molecular complexity index is 1120. The molecule has 2 amide bonds. The third kappa shape index (κ3) is 8.02. The smallest absolute Gasteiger partial charge is 0.261 e. The zero-order chi connectivity index (χ0) is 25.9. The molecule has 0 heterocycles. The van der Waals surface area contributed by atoms with Crippen molar-refractivity contribution in [3.63, 3.8) is 0 Å². The molecule has 36 heavy (non-hydrogen) atoms. The average molecular weight is 509 g/mol. The number of ether oxygens (including phenoxy) is 2. The number of carbonyl (C=O) groups is 2. The van der Waals surface area contributed by atoms with Crippen LogP contribution in [-0.4, -0.2) is 43.0 Å². The van der Waals surface area contributed by atoms with Crippen molar-refractivity contribution < 1.29 is 19.1 Å². The molecule has 1 N–H and O–H groups in total. The number of carbonyl (C=O) groups excluding carboxylic acids is 2. The monoisotopic (exact) mass is 508 g/mol. The largest absolute Gasteiger partial charge is 0.497 e. The van der Waals surface area contributed by atoms with Gasteiger partial charge in [-0.1, -0.05) is 74.0 Å². The van der Waals surface area contributed by atoms with Crippen molar-refractivity contribution in [3.05, 3.63) is 95.0 Å². The highest BCUT2D eigenvalue weighted by Gasteiger charge is 2.31. The number of halogens is 1. The first-order valence-corrected chi connectivity index (χ1v) is 12.4. The van der Waals surface area contributed by atoms with Crippen molar-refractivity contribution in [2.45, 2.75) is 32.9 Å². The van der Waals surface area contributed by atoms with Gasteiger partial charge in [-0.05, 0) is 47.4 Å². The van der Waals surface area contributed by atoms with Gasteiger partial charge >= 0.3 is 0 Å². The molecule has 3 rings (SSSR count). The van der Waals surface area contributed by atoms with E-state index in [0.717, 1.165) is 11.1 Å². The van der Waals surface area contributed by atoms with Gasteiger partial charge in [-0.15, -0.1) is 0 Å². The number of nitrogens with one attached hydrogen (secondary N) is 1. The fourth-order valence-electron chi connectivity index (χ4n) is 3.69. The molecule has 0 fully saturated rings. The van der Waals surface area contributed by atoms with Crippen LogP contribution < -0.4 is 14.8 Å². The van der Waals surface area contributed by atoms with E-state index in [9.17, 15) is 9.59 Å². The van der Waals surface area contributed by atoms with Crippen molar-refractivity contribution in [3.8, 4) is 11.5 Å². The summed E-state index contributed by atoms with van der Waals surface area (Å²) in [4.78, 5) is 28.6. The molecule has 0 aliphatic heterocycles. The second-order valence-corrected chi connectivity index (χ2v) is 9.33. The zero-order valence-electron chi connectivity index (χ0n) is 20.9. The molecule has 7 heteroatoms. The van der Waals surface area contributed by atoms with E-state index in [0.29, 0.717) is 29.5 Å². The van der Waals surface area contributed by atoms with E-state index in [4.69, 9.17) is 21.1 Å². The quantitative estimate of drug-likeness (QED) is 0.368. The lowest BCUT2D eigenvalue weighted by atomic mass is 10.0. The van der Waals surface area contributed by atoms with E-state index in [2.05, 4.69) is 5.32 Å². The van der Waals surface area contributed by atoms with Crippen LogP contribution in [0, 0.1) is 5.92 Å². The Morgan fingerprint density at radius 2 is 1.56 bits per heavy atom. The minimum absolute atomic E-state index is 0.178. The summed E-state index contributed by atoms with van der Waals surface area (Å²) in [6.07, 6.45) is 0.365. The summed E-state index contributed by atoms with van der Waals surface area (Å²) in [6.45, 7) is 4.53. The van der Waals surface area contributed by atoms with Gasteiger partial charge < -0.3 is 19.7 Å². The third-order valence-corrected chi connectivity index (χ3v) is 6.04. The average Bonchev–Trinajstić information content (AvgIpc) is 2.89. The summed E-state index contributed by atoms with van der Waals surface area (Å²) in [7, 11) is 1.59. The lowest BCUT2D eigenvalue weighted by molar-refractivity contribution is -0.142. The number of amides is 2. The van der Waals surface area contributed by atoms with Crippen LogP contribution in [0.15, 0.2) is 78.9 Å². The summed E-state index contributed by atoms with van der Waals surface area (Å²) in [6, 6.07) is 23.3. The maximum atomic E-state index is 13.6. The van der Waals surface area contributed by atoms with E-state index < -0.39 is 6.04 Å². The predicted molar refractivity (Wildman–Crippen MR) is 142 cm³/mol. The van der Waals surface area contributed by atoms with Gasteiger partial charge in [0.25, 0.3) is 5.91 Å². The lowest BCUT2D eigenvalue weighted by Gasteiger charge is -2.32. The minimum Gasteiger partial charge on any atom is -0.497 e. The molecule has 0 bridgehead atoms. The van der Waals surface area contributed by atoms with Gasteiger partial charge in [0, 0.05) is 24.5 Å². The Morgan fingerprint density at radius 3 is 2.19 bits per heavy atom. The van der Waals surface area contributed by atoms with Gasteiger partial charge in [-0.3, -0.25) is 9.59 Å². The van der Waals surface area contributed by atoms with Gasteiger partial charge in [0.2, 0.25) is 5.91 Å². The van der Waals surface area contributed by atoms with Gasteiger partial charge in [-0.25, -0.2) is 0 Å². The highest BCUT2D eigenvalue weighted by Crippen LogP contribution is 2.22. The number of nitrogens with zero attached hydrogens (tertiary/aromatic N) is 1.